The SMILES string of the molecule is C=CC=CC(=CC)Oc1cc(NCC(C)(C)O)c2ncc(-c3ccc(C(=O)NC4CC4)c(C)c3)n2n1. The number of rotatable bonds is 10. The minimum absolute atomic E-state index is 0.0435. The van der Waals surface area contributed by atoms with Gasteiger partial charge in [0.25, 0.3) is 5.91 Å². The lowest BCUT2D eigenvalue weighted by Crippen LogP contribution is -2.29. The monoisotopic (exact) mass is 487 g/mol. The highest BCUT2D eigenvalue weighted by Gasteiger charge is 2.24. The second kappa shape index (κ2) is 10.4. The Hall–Kier alpha value is -3.91. The molecule has 2 aromatic heterocycles. The topological polar surface area (TPSA) is 101 Å². The number of aryl methyl sites for hydroxylation is 1. The standard InChI is InChI=1S/C28H33N5O3/c1-6-8-9-21(7-2)36-25-15-23(30-17-28(4,5)35)26-29-16-24(33(26)32-25)19-10-13-22(18(3)14-19)27(34)31-20-11-12-20/h6-10,13-16,20,30,35H,1,11-12,17H2,2-5H3,(H,31,34). The van der Waals surface area contributed by atoms with Crippen molar-refractivity contribution in [3.63, 3.8) is 0 Å². The molecule has 0 spiro atoms. The number of aromatic nitrogens is 3. The van der Waals surface area contributed by atoms with Crippen molar-refractivity contribution in [3.8, 4) is 17.1 Å². The van der Waals surface area contributed by atoms with Gasteiger partial charge in [-0.3, -0.25) is 4.79 Å². The first-order valence-electron chi connectivity index (χ1n) is 12.1. The molecule has 0 saturated heterocycles. The smallest absolute Gasteiger partial charge is 0.251 e. The van der Waals surface area contributed by atoms with E-state index in [1.807, 2.05) is 38.1 Å². The Morgan fingerprint density at radius 2 is 2.11 bits per heavy atom. The Balaban J connectivity index is 1.74. The number of amides is 1. The van der Waals surface area contributed by atoms with Crippen molar-refractivity contribution in [1.29, 1.82) is 0 Å². The molecule has 0 unspecified atom stereocenters. The van der Waals surface area contributed by atoms with Crippen LogP contribution in [-0.2, 0) is 0 Å². The van der Waals surface area contributed by atoms with Crippen LogP contribution in [-0.4, -0.2) is 43.8 Å². The van der Waals surface area contributed by atoms with E-state index in [0.717, 1.165) is 29.7 Å². The molecule has 0 bridgehead atoms. The number of imidazole rings is 1. The molecular formula is C28H33N5O3. The molecular weight excluding hydrogens is 454 g/mol. The van der Waals surface area contributed by atoms with E-state index >= 15 is 0 Å². The van der Waals surface area contributed by atoms with Crippen LogP contribution in [0.1, 0.15) is 49.5 Å². The molecule has 188 valence electrons. The van der Waals surface area contributed by atoms with E-state index in [1.54, 1.807) is 48.9 Å². The van der Waals surface area contributed by atoms with Gasteiger partial charge in [-0.05, 0) is 70.4 Å². The van der Waals surface area contributed by atoms with Crippen LogP contribution in [0.5, 0.6) is 5.88 Å². The maximum Gasteiger partial charge on any atom is 0.251 e. The summed E-state index contributed by atoms with van der Waals surface area (Å²) in [5, 5.41) is 21.3. The minimum Gasteiger partial charge on any atom is -0.438 e. The molecule has 1 fully saturated rings. The first kappa shape index (κ1) is 25.2. The lowest BCUT2D eigenvalue weighted by atomic mass is 10.0. The molecule has 0 radical (unpaired) electrons. The van der Waals surface area contributed by atoms with Gasteiger partial charge in [0.05, 0.1) is 23.2 Å². The molecule has 0 atom stereocenters. The average Bonchev–Trinajstić information content (AvgIpc) is 3.54. The number of carbonyl (C=O) groups is 1. The van der Waals surface area contributed by atoms with Gasteiger partial charge >= 0.3 is 0 Å². The summed E-state index contributed by atoms with van der Waals surface area (Å²) in [6.07, 6.45) is 10.9. The second-order valence-corrected chi connectivity index (χ2v) is 9.61. The highest BCUT2D eigenvalue weighted by Crippen LogP contribution is 2.29. The molecule has 4 rings (SSSR count). The number of fused-ring (bicyclic) bond motifs is 1. The van der Waals surface area contributed by atoms with Crippen LogP contribution in [0, 0.1) is 6.92 Å². The Morgan fingerprint density at radius 3 is 2.75 bits per heavy atom. The number of benzene rings is 1. The number of hydrogen-bond acceptors (Lipinski definition) is 6. The molecule has 3 N–H and O–H groups in total. The first-order chi connectivity index (χ1) is 17.2. The molecule has 3 aromatic rings. The largest absolute Gasteiger partial charge is 0.438 e. The normalized spacial score (nSPS) is 14.3. The average molecular weight is 488 g/mol. The first-order valence-corrected chi connectivity index (χ1v) is 12.1. The van der Waals surface area contributed by atoms with Gasteiger partial charge in [0.15, 0.2) is 5.65 Å². The number of aliphatic hydroxyl groups is 1. The van der Waals surface area contributed by atoms with Crippen LogP contribution < -0.4 is 15.4 Å². The van der Waals surface area contributed by atoms with Crippen molar-refractivity contribution < 1.29 is 14.6 Å². The van der Waals surface area contributed by atoms with Crippen molar-refractivity contribution in [2.45, 2.75) is 52.2 Å². The summed E-state index contributed by atoms with van der Waals surface area (Å²) in [5.41, 5.74) is 3.51. The summed E-state index contributed by atoms with van der Waals surface area (Å²) < 4.78 is 7.75. The van der Waals surface area contributed by atoms with Crippen LogP contribution in [0.3, 0.4) is 0 Å². The number of nitrogens with zero attached hydrogens (tertiary/aromatic N) is 3. The van der Waals surface area contributed by atoms with E-state index in [9.17, 15) is 9.90 Å². The molecule has 8 nitrogen and oxygen atoms in total. The Kier molecular flexibility index (Phi) is 7.26. The number of hydrogen-bond donors (Lipinski definition) is 3. The summed E-state index contributed by atoms with van der Waals surface area (Å²) in [4.78, 5) is 17.2. The molecule has 8 heteroatoms. The summed E-state index contributed by atoms with van der Waals surface area (Å²) >= 11 is 0. The van der Waals surface area contributed by atoms with Crippen LogP contribution in [0.4, 0.5) is 5.69 Å². The number of ether oxygens (including phenoxy) is 1. The summed E-state index contributed by atoms with van der Waals surface area (Å²) in [7, 11) is 0. The van der Waals surface area contributed by atoms with Crippen LogP contribution in [0.25, 0.3) is 16.9 Å². The van der Waals surface area contributed by atoms with Gasteiger partial charge in [0.2, 0.25) is 5.88 Å². The van der Waals surface area contributed by atoms with E-state index in [1.165, 1.54) is 0 Å². The van der Waals surface area contributed by atoms with Crippen LogP contribution in [0.15, 0.2) is 67.1 Å². The lowest BCUT2D eigenvalue weighted by Gasteiger charge is -2.19. The van der Waals surface area contributed by atoms with Gasteiger partial charge < -0.3 is 20.5 Å². The summed E-state index contributed by atoms with van der Waals surface area (Å²) in [6.45, 7) is 11.3. The van der Waals surface area contributed by atoms with Crippen molar-refractivity contribution in [1.82, 2.24) is 19.9 Å². The number of anilines is 1. The Labute approximate surface area is 211 Å². The zero-order chi connectivity index (χ0) is 25.9. The summed E-state index contributed by atoms with van der Waals surface area (Å²) in [6, 6.07) is 7.78. The lowest BCUT2D eigenvalue weighted by molar-refractivity contribution is 0.0940. The van der Waals surface area contributed by atoms with Crippen molar-refractivity contribution in [3.05, 3.63) is 78.2 Å². The van der Waals surface area contributed by atoms with Crippen molar-refractivity contribution in [2.24, 2.45) is 0 Å². The number of nitrogens with one attached hydrogen (secondary N) is 2. The minimum atomic E-state index is -0.925. The van der Waals surface area contributed by atoms with Crippen LogP contribution >= 0.6 is 0 Å². The van der Waals surface area contributed by atoms with Gasteiger partial charge in [-0.1, -0.05) is 24.8 Å². The van der Waals surface area contributed by atoms with E-state index < -0.39 is 5.60 Å². The van der Waals surface area contributed by atoms with Crippen molar-refractivity contribution >= 4 is 17.2 Å². The molecule has 1 amide bonds. The Morgan fingerprint density at radius 1 is 1.33 bits per heavy atom. The molecule has 2 heterocycles. The fraction of sp³-hybridized carbons (Fsp3) is 0.321. The fourth-order valence-electron chi connectivity index (χ4n) is 3.68. The maximum absolute atomic E-state index is 12.6. The molecule has 36 heavy (non-hydrogen) atoms. The molecule has 1 saturated carbocycles. The van der Waals surface area contributed by atoms with Gasteiger partial charge in [-0.2, -0.15) is 0 Å². The summed E-state index contributed by atoms with van der Waals surface area (Å²) in [5.74, 6) is 0.927. The van der Waals surface area contributed by atoms with Crippen LogP contribution in [0.2, 0.25) is 0 Å². The van der Waals surface area contributed by atoms with Gasteiger partial charge in [-0.15, -0.1) is 5.10 Å². The third-order valence-corrected chi connectivity index (χ3v) is 5.74. The maximum atomic E-state index is 12.6. The number of carbonyl (C=O) groups excluding carboxylic acids is 1. The molecule has 1 aliphatic carbocycles. The number of allylic oxidation sites excluding steroid dienone is 4. The highest BCUT2D eigenvalue weighted by atomic mass is 16.5. The molecule has 1 aromatic carbocycles. The zero-order valence-corrected chi connectivity index (χ0v) is 21.2. The fourth-order valence-corrected chi connectivity index (χ4v) is 3.68. The van der Waals surface area contributed by atoms with Crippen molar-refractivity contribution in [2.75, 3.05) is 11.9 Å². The molecule has 1 aliphatic rings. The Bertz CT molecular complexity index is 1340. The zero-order valence-electron chi connectivity index (χ0n) is 21.2. The highest BCUT2D eigenvalue weighted by molar-refractivity contribution is 5.96. The third kappa shape index (κ3) is 6.01. The van der Waals surface area contributed by atoms with Gasteiger partial charge in [-0.25, -0.2) is 9.50 Å². The predicted octanol–water partition coefficient (Wildman–Crippen LogP) is 4.80. The van der Waals surface area contributed by atoms with E-state index in [2.05, 4.69) is 22.2 Å². The van der Waals surface area contributed by atoms with E-state index in [0.29, 0.717) is 41.1 Å². The third-order valence-electron chi connectivity index (χ3n) is 5.74. The molecule has 0 aliphatic heterocycles. The quantitative estimate of drug-likeness (QED) is 0.280. The predicted molar refractivity (Wildman–Crippen MR) is 142 cm³/mol. The van der Waals surface area contributed by atoms with E-state index in [-0.39, 0.29) is 5.91 Å². The second-order valence-electron chi connectivity index (χ2n) is 9.61. The van der Waals surface area contributed by atoms with Gasteiger partial charge in [0, 0.05) is 29.8 Å². The van der Waals surface area contributed by atoms with E-state index in [4.69, 9.17) is 9.84 Å². The van der Waals surface area contributed by atoms with Gasteiger partial charge in [0.1, 0.15) is 5.76 Å².